The van der Waals surface area contributed by atoms with Gasteiger partial charge in [0.05, 0.1) is 18.5 Å². The number of benzene rings is 1. The van der Waals surface area contributed by atoms with Crippen molar-refractivity contribution in [3.05, 3.63) is 42.2 Å². The molecule has 21 heavy (non-hydrogen) atoms. The van der Waals surface area contributed by atoms with Gasteiger partial charge in [0, 0.05) is 12.3 Å². The molecular weight excluding hydrogens is 292 g/mol. The second-order valence-corrected chi connectivity index (χ2v) is 5.67. The first-order valence-electron chi connectivity index (χ1n) is 5.79. The Labute approximate surface area is 122 Å². The predicted molar refractivity (Wildman–Crippen MR) is 77.2 cm³/mol. The van der Waals surface area contributed by atoms with Gasteiger partial charge in [0.2, 0.25) is 0 Å². The highest BCUT2D eigenvalue weighted by Gasteiger charge is 2.20. The monoisotopic (exact) mass is 304 g/mol. The lowest BCUT2D eigenvalue weighted by molar-refractivity contribution is 0.415. The van der Waals surface area contributed by atoms with Crippen LogP contribution in [0.1, 0.15) is 5.69 Å². The van der Waals surface area contributed by atoms with Gasteiger partial charge >= 0.3 is 0 Å². The molecule has 108 valence electrons. The molecule has 0 saturated heterocycles. The van der Waals surface area contributed by atoms with Crippen molar-refractivity contribution in [3.8, 4) is 11.8 Å². The van der Waals surface area contributed by atoms with Gasteiger partial charge in [-0.25, -0.2) is 13.4 Å². The van der Waals surface area contributed by atoms with Crippen LogP contribution >= 0.6 is 0 Å². The number of nitrogens with zero attached hydrogens (tertiary/aromatic N) is 2. The third kappa shape index (κ3) is 3.04. The van der Waals surface area contributed by atoms with Crippen LogP contribution in [0.2, 0.25) is 0 Å². The van der Waals surface area contributed by atoms with Crippen LogP contribution in [0.4, 0.5) is 11.4 Å². The third-order valence-electron chi connectivity index (χ3n) is 2.67. The lowest BCUT2D eigenvalue weighted by atomic mass is 10.2. The molecular formula is C13H12N4O3S. The van der Waals surface area contributed by atoms with Crippen LogP contribution in [0.15, 0.2) is 41.4 Å². The minimum absolute atomic E-state index is 0.183. The van der Waals surface area contributed by atoms with E-state index in [9.17, 15) is 8.42 Å². The van der Waals surface area contributed by atoms with Crippen LogP contribution in [0.5, 0.6) is 5.75 Å². The van der Waals surface area contributed by atoms with E-state index in [2.05, 4.69) is 9.71 Å². The number of methoxy groups -OCH3 is 1. The van der Waals surface area contributed by atoms with E-state index in [1.807, 2.05) is 0 Å². The molecule has 0 aliphatic rings. The van der Waals surface area contributed by atoms with E-state index in [1.165, 1.54) is 37.6 Å². The number of anilines is 2. The normalized spacial score (nSPS) is 10.7. The Morgan fingerprint density at radius 3 is 2.76 bits per heavy atom. The van der Waals surface area contributed by atoms with Crippen molar-refractivity contribution in [3.63, 3.8) is 0 Å². The van der Waals surface area contributed by atoms with Crippen LogP contribution in [0.25, 0.3) is 0 Å². The molecule has 0 amide bonds. The molecule has 7 nitrogen and oxygen atoms in total. The van der Waals surface area contributed by atoms with Crippen molar-refractivity contribution < 1.29 is 13.2 Å². The van der Waals surface area contributed by atoms with E-state index in [1.54, 1.807) is 12.1 Å². The Bertz CT molecular complexity index is 812. The quantitative estimate of drug-likeness (QED) is 0.823. The van der Waals surface area contributed by atoms with E-state index < -0.39 is 10.0 Å². The maximum Gasteiger partial charge on any atom is 0.264 e. The van der Waals surface area contributed by atoms with Crippen LogP contribution in [0, 0.1) is 11.3 Å². The van der Waals surface area contributed by atoms with Gasteiger partial charge in [0.1, 0.15) is 16.7 Å². The topological polar surface area (TPSA) is 118 Å². The maximum absolute atomic E-state index is 12.3. The number of hydrogen-bond acceptors (Lipinski definition) is 6. The van der Waals surface area contributed by atoms with Gasteiger partial charge in [-0.2, -0.15) is 5.26 Å². The molecule has 0 aliphatic heterocycles. The fourth-order valence-corrected chi connectivity index (χ4v) is 2.85. The van der Waals surface area contributed by atoms with E-state index in [0.29, 0.717) is 5.75 Å². The number of sulfonamides is 1. The number of nitrogen functional groups attached to an aromatic ring is 1. The van der Waals surface area contributed by atoms with Crippen LogP contribution in [-0.2, 0) is 10.0 Å². The van der Waals surface area contributed by atoms with Gasteiger partial charge in [-0.05, 0) is 24.3 Å². The standard InChI is InChI=1S/C13H12N4O3S/c1-20-9-4-5-11(10(15)7-9)17-21(18,19)13-3-2-6-16-12(13)8-14/h2-7,17H,15H2,1H3. The first-order chi connectivity index (χ1) is 9.97. The van der Waals surface area contributed by atoms with Gasteiger partial charge in [-0.1, -0.05) is 0 Å². The van der Waals surface area contributed by atoms with Crippen molar-refractivity contribution in [1.82, 2.24) is 4.98 Å². The SMILES string of the molecule is COc1ccc(NS(=O)(=O)c2cccnc2C#N)c(N)c1. The lowest BCUT2D eigenvalue weighted by Crippen LogP contribution is -2.16. The minimum atomic E-state index is -3.95. The Morgan fingerprint density at radius 2 is 2.14 bits per heavy atom. The van der Waals surface area contributed by atoms with Crippen LogP contribution in [-0.4, -0.2) is 20.5 Å². The molecule has 0 fully saturated rings. The third-order valence-corrected chi connectivity index (χ3v) is 4.07. The zero-order chi connectivity index (χ0) is 15.5. The summed E-state index contributed by atoms with van der Waals surface area (Å²) >= 11 is 0. The molecule has 0 radical (unpaired) electrons. The number of nitrogens with one attached hydrogen (secondary N) is 1. The minimum Gasteiger partial charge on any atom is -0.497 e. The zero-order valence-electron chi connectivity index (χ0n) is 11.1. The summed E-state index contributed by atoms with van der Waals surface area (Å²) in [6.45, 7) is 0. The molecule has 0 aliphatic carbocycles. The lowest BCUT2D eigenvalue weighted by Gasteiger charge is -2.11. The predicted octanol–water partition coefficient (Wildman–Crippen LogP) is 1.34. The highest BCUT2D eigenvalue weighted by Crippen LogP contribution is 2.26. The average Bonchev–Trinajstić information content (AvgIpc) is 2.49. The van der Waals surface area contributed by atoms with Crippen molar-refractivity contribution in [1.29, 1.82) is 5.26 Å². The van der Waals surface area contributed by atoms with Gasteiger partial charge in [-0.3, -0.25) is 4.72 Å². The fraction of sp³-hybridized carbons (Fsp3) is 0.0769. The summed E-state index contributed by atoms with van der Waals surface area (Å²) in [5, 5.41) is 8.92. The highest BCUT2D eigenvalue weighted by atomic mass is 32.2. The van der Waals surface area contributed by atoms with E-state index in [-0.39, 0.29) is 22.0 Å². The molecule has 2 rings (SSSR count). The summed E-state index contributed by atoms with van der Waals surface area (Å²) in [6.07, 6.45) is 1.35. The molecule has 0 atom stereocenters. The summed E-state index contributed by atoms with van der Waals surface area (Å²) in [6, 6.07) is 9.02. The molecule has 0 saturated carbocycles. The molecule has 3 N–H and O–H groups in total. The van der Waals surface area contributed by atoms with Gasteiger partial charge in [0.25, 0.3) is 10.0 Å². The summed E-state index contributed by atoms with van der Waals surface area (Å²) in [5.41, 5.74) is 5.99. The Kier molecular flexibility index (Phi) is 3.95. The van der Waals surface area contributed by atoms with E-state index >= 15 is 0 Å². The number of ether oxygens (including phenoxy) is 1. The number of rotatable bonds is 4. The number of nitriles is 1. The van der Waals surface area contributed by atoms with Crippen molar-refractivity contribution >= 4 is 21.4 Å². The maximum atomic E-state index is 12.3. The first kappa shape index (κ1) is 14.6. The molecule has 8 heteroatoms. The van der Waals surface area contributed by atoms with Crippen molar-refractivity contribution in [2.24, 2.45) is 0 Å². The summed E-state index contributed by atoms with van der Waals surface area (Å²) in [4.78, 5) is 3.52. The molecule has 1 aromatic carbocycles. The van der Waals surface area contributed by atoms with Crippen LogP contribution in [0.3, 0.4) is 0 Å². The Hall–Kier alpha value is -2.79. The summed E-state index contributed by atoms with van der Waals surface area (Å²) in [7, 11) is -2.47. The second-order valence-electron chi connectivity index (χ2n) is 4.02. The zero-order valence-corrected chi connectivity index (χ0v) is 11.9. The summed E-state index contributed by atoms with van der Waals surface area (Å²) in [5.74, 6) is 0.509. The average molecular weight is 304 g/mol. The molecule has 0 unspecified atom stereocenters. The molecule has 0 bridgehead atoms. The second kappa shape index (κ2) is 5.68. The highest BCUT2D eigenvalue weighted by molar-refractivity contribution is 7.92. The largest absolute Gasteiger partial charge is 0.497 e. The van der Waals surface area contributed by atoms with Crippen molar-refractivity contribution in [2.45, 2.75) is 4.90 Å². The number of hydrogen-bond donors (Lipinski definition) is 2. The Balaban J connectivity index is 2.41. The number of pyridine rings is 1. The summed E-state index contributed by atoms with van der Waals surface area (Å²) < 4.78 is 31.9. The number of aromatic nitrogens is 1. The van der Waals surface area contributed by atoms with Gasteiger partial charge in [-0.15, -0.1) is 0 Å². The van der Waals surface area contributed by atoms with Gasteiger partial charge < -0.3 is 10.5 Å². The molecule has 1 heterocycles. The van der Waals surface area contributed by atoms with Crippen LogP contribution < -0.4 is 15.2 Å². The van der Waals surface area contributed by atoms with E-state index in [4.69, 9.17) is 15.7 Å². The fourth-order valence-electron chi connectivity index (χ4n) is 1.65. The molecule has 2 aromatic rings. The molecule has 1 aromatic heterocycles. The van der Waals surface area contributed by atoms with E-state index in [0.717, 1.165) is 0 Å². The van der Waals surface area contributed by atoms with Gasteiger partial charge in [0.15, 0.2) is 5.69 Å². The first-order valence-corrected chi connectivity index (χ1v) is 7.27. The Morgan fingerprint density at radius 1 is 1.38 bits per heavy atom. The van der Waals surface area contributed by atoms with Crippen molar-refractivity contribution in [2.75, 3.05) is 17.6 Å². The smallest absolute Gasteiger partial charge is 0.264 e. The number of nitrogens with two attached hydrogens (primary N) is 1. The molecule has 0 spiro atoms.